The first-order valence-electron chi connectivity index (χ1n) is 7.25. The molecule has 4 heteroatoms. The van der Waals surface area contributed by atoms with Gasteiger partial charge in [-0.2, -0.15) is 0 Å². The van der Waals surface area contributed by atoms with Crippen LogP contribution in [-0.2, 0) is 20.9 Å². The molecule has 0 saturated carbocycles. The van der Waals surface area contributed by atoms with Crippen LogP contribution in [0.5, 0.6) is 0 Å². The normalized spacial score (nSPS) is 16.7. The Kier molecular flexibility index (Phi) is 4.49. The van der Waals surface area contributed by atoms with E-state index in [2.05, 4.69) is 4.99 Å². The maximum Gasteiger partial charge on any atom is 0.315 e. The lowest BCUT2D eigenvalue weighted by Crippen LogP contribution is -2.11. The van der Waals surface area contributed by atoms with E-state index in [0.29, 0.717) is 12.5 Å². The number of rotatable bonds is 5. The molecular formula is C18H17NO3. The number of esters is 1. The predicted molar refractivity (Wildman–Crippen MR) is 83.4 cm³/mol. The minimum Gasteiger partial charge on any atom is -0.478 e. The summed E-state index contributed by atoms with van der Waals surface area (Å²) in [5.74, 6) is 0.128. The lowest BCUT2D eigenvalue weighted by atomic mass is 10.1. The van der Waals surface area contributed by atoms with Crippen molar-refractivity contribution in [3.8, 4) is 0 Å². The Morgan fingerprint density at radius 2 is 1.77 bits per heavy atom. The lowest BCUT2D eigenvalue weighted by Gasteiger charge is -2.04. The summed E-state index contributed by atoms with van der Waals surface area (Å²) in [4.78, 5) is 16.3. The van der Waals surface area contributed by atoms with Crippen molar-refractivity contribution in [2.24, 2.45) is 4.99 Å². The van der Waals surface area contributed by atoms with Crippen LogP contribution in [0.1, 0.15) is 23.6 Å². The Morgan fingerprint density at radius 3 is 2.50 bits per heavy atom. The molecule has 0 aromatic heterocycles. The molecule has 1 aliphatic heterocycles. The van der Waals surface area contributed by atoms with Crippen LogP contribution >= 0.6 is 0 Å². The Labute approximate surface area is 129 Å². The maximum absolute atomic E-state index is 11.8. The van der Waals surface area contributed by atoms with Gasteiger partial charge >= 0.3 is 5.97 Å². The molecular weight excluding hydrogens is 278 g/mol. The van der Waals surface area contributed by atoms with Crippen LogP contribution in [0, 0.1) is 0 Å². The maximum atomic E-state index is 11.8. The molecule has 0 aliphatic carbocycles. The fraction of sp³-hybridized carbons (Fsp3) is 0.222. The van der Waals surface area contributed by atoms with Gasteiger partial charge in [0.05, 0.1) is 0 Å². The van der Waals surface area contributed by atoms with Crippen molar-refractivity contribution >= 4 is 11.9 Å². The lowest BCUT2D eigenvalue weighted by molar-refractivity contribution is -0.143. The Balaban J connectivity index is 1.52. The third kappa shape index (κ3) is 3.73. The van der Waals surface area contributed by atoms with Crippen molar-refractivity contribution in [2.75, 3.05) is 6.61 Å². The van der Waals surface area contributed by atoms with Crippen LogP contribution < -0.4 is 0 Å². The zero-order chi connectivity index (χ0) is 15.2. The number of aliphatic imine (C=N–C) groups is 1. The monoisotopic (exact) mass is 295 g/mol. The Bertz CT molecular complexity index is 653. The molecule has 0 fully saturated rings. The summed E-state index contributed by atoms with van der Waals surface area (Å²) in [5.41, 5.74) is 2.06. The first-order chi connectivity index (χ1) is 10.8. The standard InChI is InChI=1S/C18H17NO3/c20-18(22-12-14-7-3-1-4-8-14)11-17-19-16(13-21-17)15-9-5-2-6-10-15/h1-10,16H,11-13H2/t16-/m0/s1. The smallest absolute Gasteiger partial charge is 0.315 e. The molecule has 2 aromatic carbocycles. The van der Waals surface area contributed by atoms with Gasteiger partial charge in [0.2, 0.25) is 0 Å². The highest BCUT2D eigenvalue weighted by atomic mass is 16.5. The quantitative estimate of drug-likeness (QED) is 0.795. The molecule has 0 spiro atoms. The van der Waals surface area contributed by atoms with E-state index >= 15 is 0 Å². The summed E-state index contributed by atoms with van der Waals surface area (Å²) in [6.45, 7) is 0.750. The van der Waals surface area contributed by atoms with E-state index in [0.717, 1.165) is 11.1 Å². The van der Waals surface area contributed by atoms with E-state index in [1.54, 1.807) is 0 Å². The van der Waals surface area contributed by atoms with Crippen LogP contribution in [0.15, 0.2) is 65.7 Å². The van der Waals surface area contributed by atoms with Gasteiger partial charge in [0.1, 0.15) is 25.7 Å². The van der Waals surface area contributed by atoms with Gasteiger partial charge in [0.15, 0.2) is 5.90 Å². The zero-order valence-electron chi connectivity index (χ0n) is 12.1. The number of carbonyl (C=O) groups excluding carboxylic acids is 1. The van der Waals surface area contributed by atoms with Gasteiger partial charge in [-0.15, -0.1) is 0 Å². The molecule has 0 unspecified atom stereocenters. The minimum absolute atomic E-state index is 0.0295. The second kappa shape index (κ2) is 6.89. The van der Waals surface area contributed by atoms with Crippen LogP contribution in [-0.4, -0.2) is 18.5 Å². The average Bonchev–Trinajstić information content (AvgIpc) is 3.03. The first kappa shape index (κ1) is 14.3. The minimum atomic E-state index is -0.323. The first-order valence-corrected chi connectivity index (χ1v) is 7.25. The summed E-state index contributed by atoms with van der Waals surface area (Å²) in [6.07, 6.45) is 0.0795. The van der Waals surface area contributed by atoms with Crippen molar-refractivity contribution in [3.63, 3.8) is 0 Å². The van der Waals surface area contributed by atoms with Gasteiger partial charge in [-0.25, -0.2) is 4.99 Å². The van der Waals surface area contributed by atoms with E-state index in [1.807, 2.05) is 60.7 Å². The highest BCUT2D eigenvalue weighted by molar-refractivity contribution is 5.95. The van der Waals surface area contributed by atoms with E-state index in [4.69, 9.17) is 9.47 Å². The summed E-state index contributed by atoms with van der Waals surface area (Å²) < 4.78 is 10.7. The summed E-state index contributed by atoms with van der Waals surface area (Å²) in [6, 6.07) is 19.5. The van der Waals surface area contributed by atoms with E-state index in [9.17, 15) is 4.79 Å². The number of hydrogen-bond donors (Lipinski definition) is 0. The Morgan fingerprint density at radius 1 is 1.09 bits per heavy atom. The molecule has 2 aromatic rings. The fourth-order valence-corrected chi connectivity index (χ4v) is 2.28. The molecule has 0 radical (unpaired) electrons. The number of ether oxygens (including phenoxy) is 2. The summed E-state index contributed by atoms with van der Waals surface area (Å²) in [5, 5.41) is 0. The predicted octanol–water partition coefficient (Wildman–Crippen LogP) is 3.29. The topological polar surface area (TPSA) is 47.9 Å². The molecule has 0 N–H and O–H groups in total. The van der Waals surface area contributed by atoms with Gasteiger partial charge in [-0.1, -0.05) is 60.7 Å². The van der Waals surface area contributed by atoms with Gasteiger partial charge < -0.3 is 9.47 Å². The molecule has 4 nitrogen and oxygen atoms in total. The van der Waals surface area contributed by atoms with Crippen LogP contribution in [0.3, 0.4) is 0 Å². The van der Waals surface area contributed by atoms with E-state index < -0.39 is 0 Å². The van der Waals surface area contributed by atoms with E-state index in [-0.39, 0.29) is 25.0 Å². The second-order valence-corrected chi connectivity index (χ2v) is 5.08. The van der Waals surface area contributed by atoms with Crippen LogP contribution in [0.25, 0.3) is 0 Å². The largest absolute Gasteiger partial charge is 0.478 e. The fourth-order valence-electron chi connectivity index (χ4n) is 2.28. The number of nitrogens with zero attached hydrogens (tertiary/aromatic N) is 1. The highest BCUT2D eigenvalue weighted by Crippen LogP contribution is 2.23. The van der Waals surface area contributed by atoms with Crippen LogP contribution in [0.2, 0.25) is 0 Å². The molecule has 22 heavy (non-hydrogen) atoms. The SMILES string of the molecule is O=C(CC1=N[C@H](c2ccccc2)CO1)OCc1ccccc1. The molecule has 112 valence electrons. The van der Waals surface area contributed by atoms with Crippen molar-refractivity contribution < 1.29 is 14.3 Å². The van der Waals surface area contributed by atoms with Gasteiger partial charge in [0, 0.05) is 0 Å². The molecule has 1 aliphatic rings. The second-order valence-electron chi connectivity index (χ2n) is 5.08. The third-order valence-corrected chi connectivity index (χ3v) is 3.43. The van der Waals surface area contributed by atoms with Gasteiger partial charge in [-0.3, -0.25) is 4.79 Å². The number of hydrogen-bond acceptors (Lipinski definition) is 4. The number of carbonyl (C=O) groups is 1. The summed E-state index contributed by atoms with van der Waals surface area (Å²) in [7, 11) is 0. The molecule has 0 saturated heterocycles. The van der Waals surface area contributed by atoms with E-state index in [1.165, 1.54) is 0 Å². The van der Waals surface area contributed by atoms with Crippen molar-refractivity contribution in [2.45, 2.75) is 19.1 Å². The van der Waals surface area contributed by atoms with Crippen molar-refractivity contribution in [1.29, 1.82) is 0 Å². The Hall–Kier alpha value is -2.62. The third-order valence-electron chi connectivity index (χ3n) is 3.43. The highest BCUT2D eigenvalue weighted by Gasteiger charge is 2.22. The molecule has 3 rings (SSSR count). The van der Waals surface area contributed by atoms with Gasteiger partial charge in [-0.05, 0) is 11.1 Å². The van der Waals surface area contributed by atoms with Crippen LogP contribution in [0.4, 0.5) is 0 Å². The summed E-state index contributed by atoms with van der Waals surface area (Å²) >= 11 is 0. The van der Waals surface area contributed by atoms with Crippen molar-refractivity contribution in [1.82, 2.24) is 0 Å². The van der Waals surface area contributed by atoms with Gasteiger partial charge in [0.25, 0.3) is 0 Å². The van der Waals surface area contributed by atoms with Crippen molar-refractivity contribution in [3.05, 3.63) is 71.8 Å². The molecule has 1 heterocycles. The number of benzene rings is 2. The molecule has 0 bridgehead atoms. The molecule has 0 amide bonds. The zero-order valence-corrected chi connectivity index (χ0v) is 12.1. The average molecular weight is 295 g/mol. The molecule has 1 atom stereocenters.